The van der Waals surface area contributed by atoms with E-state index < -0.39 is 0 Å². The largest absolute Gasteiger partial charge is 0.493 e. The third kappa shape index (κ3) is 3.31. The number of fused-ring (bicyclic) bond motifs is 3. The normalized spacial score (nSPS) is 19.5. The van der Waals surface area contributed by atoms with E-state index in [1.807, 2.05) is 30.3 Å². The van der Waals surface area contributed by atoms with Gasteiger partial charge in [-0.2, -0.15) is 5.10 Å². The summed E-state index contributed by atoms with van der Waals surface area (Å²) in [6.45, 7) is 2.75. The van der Waals surface area contributed by atoms with Crippen LogP contribution in [-0.4, -0.2) is 24.4 Å². The molecule has 0 amide bonds. The summed E-state index contributed by atoms with van der Waals surface area (Å²) in [6, 6.07) is 18.6. The first-order chi connectivity index (χ1) is 14.8. The lowest BCUT2D eigenvalue weighted by Crippen LogP contribution is -2.33. The first kappa shape index (κ1) is 19.0. The summed E-state index contributed by atoms with van der Waals surface area (Å²) < 4.78 is 17.9. The van der Waals surface area contributed by atoms with Crippen LogP contribution in [0, 0.1) is 0 Å². The molecule has 2 aliphatic rings. The third-order valence-corrected chi connectivity index (χ3v) is 6.36. The Kier molecular flexibility index (Phi) is 5.09. The van der Waals surface area contributed by atoms with Crippen molar-refractivity contribution in [3.63, 3.8) is 0 Å². The lowest BCUT2D eigenvalue weighted by Gasteiger charge is -2.38. The van der Waals surface area contributed by atoms with Gasteiger partial charge in [0.05, 0.1) is 30.3 Å². The van der Waals surface area contributed by atoms with E-state index in [2.05, 4.69) is 41.6 Å². The zero-order chi connectivity index (χ0) is 20.5. The molecule has 3 aromatic rings. The first-order valence-electron chi connectivity index (χ1n) is 10.2. The highest BCUT2D eigenvalue weighted by Crippen LogP contribution is 2.48. The van der Waals surface area contributed by atoms with E-state index in [4.69, 9.17) is 19.3 Å². The molecule has 0 fully saturated rings. The fourth-order valence-corrected chi connectivity index (χ4v) is 4.74. The quantitative estimate of drug-likeness (QED) is 0.506. The molecule has 1 aromatic heterocycles. The molecule has 0 radical (unpaired) electrons. The smallest absolute Gasteiger partial charge is 0.214 e. The van der Waals surface area contributed by atoms with E-state index in [1.165, 1.54) is 10.4 Å². The second-order valence-corrected chi connectivity index (χ2v) is 8.34. The molecular formula is C24H24N2O3S. The Bertz CT molecular complexity index is 1060. The van der Waals surface area contributed by atoms with Crippen LogP contribution in [0.15, 0.2) is 65.1 Å². The van der Waals surface area contributed by atoms with Gasteiger partial charge in [0, 0.05) is 17.5 Å². The average molecular weight is 421 g/mol. The number of para-hydroxylation sites is 1. The molecule has 0 aliphatic carbocycles. The maximum absolute atomic E-state index is 6.44. The first-order valence-corrected chi connectivity index (χ1v) is 11.1. The summed E-state index contributed by atoms with van der Waals surface area (Å²) in [7, 11) is 1.67. The molecule has 0 bridgehead atoms. The van der Waals surface area contributed by atoms with Gasteiger partial charge in [0.15, 0.2) is 11.5 Å². The minimum Gasteiger partial charge on any atom is -0.493 e. The van der Waals surface area contributed by atoms with Crippen molar-refractivity contribution in [1.82, 2.24) is 5.01 Å². The summed E-state index contributed by atoms with van der Waals surface area (Å²) in [5.41, 5.74) is 3.28. The summed E-state index contributed by atoms with van der Waals surface area (Å²) in [5, 5.41) is 9.19. The third-order valence-electron chi connectivity index (χ3n) is 5.44. The van der Waals surface area contributed by atoms with E-state index in [0.29, 0.717) is 12.4 Å². The summed E-state index contributed by atoms with van der Waals surface area (Å²) >= 11 is 1.72. The Balaban J connectivity index is 1.54. The van der Waals surface area contributed by atoms with Crippen LogP contribution in [0.4, 0.5) is 0 Å². The number of rotatable bonds is 6. The van der Waals surface area contributed by atoms with Crippen LogP contribution < -0.4 is 14.2 Å². The predicted octanol–water partition coefficient (Wildman–Crippen LogP) is 5.79. The number of methoxy groups -OCH3 is 1. The van der Waals surface area contributed by atoms with Crippen LogP contribution in [0.1, 0.15) is 48.0 Å². The summed E-state index contributed by atoms with van der Waals surface area (Å²) in [4.78, 5) is 1.21. The maximum atomic E-state index is 6.44. The van der Waals surface area contributed by atoms with Gasteiger partial charge in [-0.15, -0.1) is 11.3 Å². The number of hydrogen-bond donors (Lipinski definition) is 0. The lowest BCUT2D eigenvalue weighted by atomic mass is 9.97. The van der Waals surface area contributed by atoms with Gasteiger partial charge in [0.2, 0.25) is 6.23 Å². The summed E-state index contributed by atoms with van der Waals surface area (Å²) in [5.74, 6) is 2.37. The van der Waals surface area contributed by atoms with Gasteiger partial charge in [-0.25, -0.2) is 5.01 Å². The molecule has 2 unspecified atom stereocenters. The van der Waals surface area contributed by atoms with Crippen molar-refractivity contribution in [2.45, 2.75) is 32.0 Å². The second kappa shape index (κ2) is 8.03. The standard InChI is InChI=1S/C24H24N2O3S/c1-3-12-28-21-11-10-16(14-22(21)27-2)24-26-19(17-7-4-5-8-20(17)29-24)15-18(25-26)23-9-6-13-30-23/h4-11,13-14,19,24H,3,12,15H2,1-2H3. The van der Waals surface area contributed by atoms with Gasteiger partial charge in [0.1, 0.15) is 5.75 Å². The molecule has 30 heavy (non-hydrogen) atoms. The van der Waals surface area contributed by atoms with Gasteiger partial charge >= 0.3 is 0 Å². The molecule has 2 atom stereocenters. The molecule has 154 valence electrons. The summed E-state index contributed by atoms with van der Waals surface area (Å²) in [6.07, 6.45) is 1.49. The number of thiophene rings is 1. The Morgan fingerprint density at radius 3 is 2.83 bits per heavy atom. The highest BCUT2D eigenvalue weighted by Gasteiger charge is 2.41. The van der Waals surface area contributed by atoms with Crippen LogP contribution in [0.25, 0.3) is 0 Å². The maximum Gasteiger partial charge on any atom is 0.214 e. The Hall–Kier alpha value is -2.99. The van der Waals surface area contributed by atoms with Crippen LogP contribution in [0.2, 0.25) is 0 Å². The predicted molar refractivity (Wildman–Crippen MR) is 119 cm³/mol. The van der Waals surface area contributed by atoms with Crippen molar-refractivity contribution in [3.05, 3.63) is 76.0 Å². The van der Waals surface area contributed by atoms with Crippen molar-refractivity contribution in [3.8, 4) is 17.2 Å². The zero-order valence-electron chi connectivity index (χ0n) is 17.1. The fourth-order valence-electron chi connectivity index (χ4n) is 4.01. The number of nitrogens with zero attached hydrogens (tertiary/aromatic N) is 2. The monoisotopic (exact) mass is 420 g/mol. The van der Waals surface area contributed by atoms with E-state index in [-0.39, 0.29) is 12.3 Å². The molecule has 0 saturated carbocycles. The van der Waals surface area contributed by atoms with Gasteiger partial charge in [-0.3, -0.25) is 0 Å². The highest BCUT2D eigenvalue weighted by molar-refractivity contribution is 7.12. The molecule has 6 heteroatoms. The zero-order valence-corrected chi connectivity index (χ0v) is 17.9. The van der Waals surface area contributed by atoms with Crippen LogP contribution in [0.5, 0.6) is 17.2 Å². The highest BCUT2D eigenvalue weighted by atomic mass is 32.1. The SMILES string of the molecule is CCCOc1ccc(C2Oc3ccccc3C3CC(c4cccs4)=NN32)cc1OC. The molecule has 3 heterocycles. The molecule has 5 nitrogen and oxygen atoms in total. The number of hydrazone groups is 1. The fraction of sp³-hybridized carbons (Fsp3) is 0.292. The number of hydrogen-bond acceptors (Lipinski definition) is 6. The molecule has 5 rings (SSSR count). The van der Waals surface area contributed by atoms with E-state index in [0.717, 1.165) is 35.6 Å². The van der Waals surface area contributed by atoms with E-state index in [1.54, 1.807) is 18.4 Å². The molecule has 2 aromatic carbocycles. The van der Waals surface area contributed by atoms with Crippen molar-refractivity contribution >= 4 is 17.0 Å². The lowest BCUT2D eigenvalue weighted by molar-refractivity contribution is -0.0191. The second-order valence-electron chi connectivity index (χ2n) is 7.39. The Labute approximate surface area is 180 Å². The topological polar surface area (TPSA) is 43.3 Å². The van der Waals surface area contributed by atoms with Gasteiger partial charge in [0.25, 0.3) is 0 Å². The van der Waals surface area contributed by atoms with Gasteiger partial charge in [-0.05, 0) is 42.1 Å². The molecule has 0 saturated heterocycles. The molecular weight excluding hydrogens is 396 g/mol. The average Bonchev–Trinajstić information content (AvgIpc) is 3.47. The Morgan fingerprint density at radius 1 is 1.13 bits per heavy atom. The van der Waals surface area contributed by atoms with Crippen LogP contribution in [-0.2, 0) is 0 Å². The number of benzene rings is 2. The van der Waals surface area contributed by atoms with Gasteiger partial charge < -0.3 is 14.2 Å². The molecule has 0 spiro atoms. The van der Waals surface area contributed by atoms with Crippen molar-refractivity contribution in [2.24, 2.45) is 5.10 Å². The van der Waals surface area contributed by atoms with Crippen molar-refractivity contribution < 1.29 is 14.2 Å². The Morgan fingerprint density at radius 2 is 2.03 bits per heavy atom. The van der Waals surface area contributed by atoms with Crippen molar-refractivity contribution in [2.75, 3.05) is 13.7 Å². The molecule has 2 aliphatic heterocycles. The van der Waals surface area contributed by atoms with E-state index >= 15 is 0 Å². The minimum absolute atomic E-state index is 0.152. The van der Waals surface area contributed by atoms with Gasteiger partial charge in [-0.1, -0.05) is 31.2 Å². The minimum atomic E-state index is -0.323. The van der Waals surface area contributed by atoms with E-state index in [9.17, 15) is 0 Å². The van der Waals surface area contributed by atoms with Crippen LogP contribution >= 0.6 is 11.3 Å². The number of ether oxygens (including phenoxy) is 3. The van der Waals surface area contributed by atoms with Crippen molar-refractivity contribution in [1.29, 1.82) is 0 Å². The van der Waals surface area contributed by atoms with Crippen LogP contribution in [0.3, 0.4) is 0 Å². The molecule has 0 N–H and O–H groups in total.